The Morgan fingerprint density at radius 1 is 1.44 bits per heavy atom. The van der Waals surface area contributed by atoms with E-state index in [1.54, 1.807) is 0 Å². The quantitative estimate of drug-likeness (QED) is 0.470. The molecule has 2 heterocycles. The second-order valence-corrected chi connectivity index (χ2v) is 5.23. The van der Waals surface area contributed by atoms with Crippen molar-refractivity contribution in [3.05, 3.63) is 22.4 Å². The normalized spacial score (nSPS) is 18.7. The van der Waals surface area contributed by atoms with Crippen LogP contribution in [0.4, 0.5) is 17.2 Å². The molecule has 7 heteroatoms. The Kier molecular flexibility index (Phi) is 3.08. The van der Waals surface area contributed by atoms with Crippen LogP contribution in [-0.2, 0) is 0 Å². The molecule has 18 heavy (non-hydrogen) atoms. The Hall–Kier alpha value is -1.89. The number of nitrogens with zero attached hydrogens (tertiary/aromatic N) is 4. The number of rotatable bonds is 2. The summed E-state index contributed by atoms with van der Waals surface area (Å²) in [6, 6.07) is 1.37. The maximum atomic E-state index is 10.6. The molecule has 0 spiro atoms. The van der Waals surface area contributed by atoms with Crippen molar-refractivity contribution in [1.82, 2.24) is 4.98 Å². The SMILES string of the molecule is C[N+]1(C)CCN(c2ncc([N+](=O)[O-])cc2N)CC1. The lowest BCUT2D eigenvalue weighted by atomic mass is 10.2. The minimum atomic E-state index is -0.483. The van der Waals surface area contributed by atoms with Crippen molar-refractivity contribution >= 4 is 17.2 Å². The zero-order chi connectivity index (χ0) is 13.3. The maximum Gasteiger partial charge on any atom is 0.289 e. The number of pyridine rings is 1. The van der Waals surface area contributed by atoms with Crippen molar-refractivity contribution in [2.75, 3.05) is 50.9 Å². The fourth-order valence-electron chi connectivity index (χ4n) is 2.05. The van der Waals surface area contributed by atoms with Gasteiger partial charge in [0.05, 0.1) is 50.9 Å². The molecular weight excluding hydrogens is 234 g/mol. The summed E-state index contributed by atoms with van der Waals surface area (Å²) in [4.78, 5) is 16.3. The van der Waals surface area contributed by atoms with Gasteiger partial charge in [0.25, 0.3) is 5.69 Å². The number of quaternary nitrogens is 1. The van der Waals surface area contributed by atoms with Crippen LogP contribution in [0.1, 0.15) is 0 Å². The largest absolute Gasteiger partial charge is 0.396 e. The van der Waals surface area contributed by atoms with Gasteiger partial charge in [-0.15, -0.1) is 0 Å². The van der Waals surface area contributed by atoms with Crippen molar-refractivity contribution in [2.24, 2.45) is 0 Å². The van der Waals surface area contributed by atoms with Crippen molar-refractivity contribution in [2.45, 2.75) is 0 Å². The van der Waals surface area contributed by atoms with E-state index in [9.17, 15) is 10.1 Å². The summed E-state index contributed by atoms with van der Waals surface area (Å²) in [6.45, 7) is 3.75. The van der Waals surface area contributed by atoms with Crippen LogP contribution in [0.2, 0.25) is 0 Å². The standard InChI is InChI=1S/C11H18N5O2/c1-16(2)5-3-14(4-6-16)11-10(12)7-9(8-13-11)15(17)18/h7-8H,3-6,12H2,1-2H3/q+1. The van der Waals surface area contributed by atoms with Crippen molar-refractivity contribution in [3.8, 4) is 0 Å². The molecule has 0 radical (unpaired) electrons. The molecule has 2 N–H and O–H groups in total. The Balaban J connectivity index is 2.17. The predicted octanol–water partition coefficient (Wildman–Crippen LogP) is 0.468. The van der Waals surface area contributed by atoms with Crippen LogP contribution in [0, 0.1) is 10.1 Å². The smallest absolute Gasteiger partial charge is 0.289 e. The zero-order valence-electron chi connectivity index (χ0n) is 10.7. The average molecular weight is 252 g/mol. The molecule has 98 valence electrons. The van der Waals surface area contributed by atoms with E-state index in [4.69, 9.17) is 5.73 Å². The first-order valence-corrected chi connectivity index (χ1v) is 5.86. The van der Waals surface area contributed by atoms with E-state index in [0.29, 0.717) is 11.5 Å². The number of hydrogen-bond donors (Lipinski definition) is 1. The molecule has 1 fully saturated rings. The van der Waals surface area contributed by atoms with Gasteiger partial charge in [-0.1, -0.05) is 0 Å². The number of likely N-dealkylation sites (N-methyl/N-ethyl adjacent to an activating group) is 1. The third-order valence-corrected chi connectivity index (χ3v) is 3.34. The fourth-order valence-corrected chi connectivity index (χ4v) is 2.05. The van der Waals surface area contributed by atoms with E-state index in [1.165, 1.54) is 12.3 Å². The molecule has 0 saturated carbocycles. The third kappa shape index (κ3) is 2.51. The average Bonchev–Trinajstić information content (AvgIpc) is 2.29. The van der Waals surface area contributed by atoms with Gasteiger partial charge in [0.2, 0.25) is 0 Å². The molecule has 0 amide bonds. The van der Waals surface area contributed by atoms with Crippen molar-refractivity contribution in [3.63, 3.8) is 0 Å². The molecule has 7 nitrogen and oxygen atoms in total. The molecule has 2 rings (SSSR count). The first-order chi connectivity index (χ1) is 8.39. The third-order valence-electron chi connectivity index (χ3n) is 3.34. The molecule has 0 aliphatic carbocycles. The van der Waals surface area contributed by atoms with E-state index in [0.717, 1.165) is 30.7 Å². The summed E-state index contributed by atoms with van der Waals surface area (Å²) in [6.07, 6.45) is 1.26. The molecule has 1 aromatic rings. The number of aromatic nitrogens is 1. The highest BCUT2D eigenvalue weighted by Gasteiger charge is 2.26. The van der Waals surface area contributed by atoms with E-state index in [1.807, 2.05) is 0 Å². The number of anilines is 2. The van der Waals surface area contributed by atoms with Gasteiger partial charge in [-0.05, 0) is 0 Å². The molecule has 1 aliphatic rings. The second kappa shape index (κ2) is 4.41. The number of nitrogen functional groups attached to an aromatic ring is 1. The van der Waals surface area contributed by atoms with Crippen LogP contribution in [-0.4, -0.2) is 54.7 Å². The van der Waals surface area contributed by atoms with E-state index < -0.39 is 4.92 Å². The van der Waals surface area contributed by atoms with Gasteiger partial charge in [-0.3, -0.25) is 10.1 Å². The molecule has 0 aromatic carbocycles. The molecule has 1 saturated heterocycles. The lowest BCUT2D eigenvalue weighted by molar-refractivity contribution is -0.890. The van der Waals surface area contributed by atoms with Crippen molar-refractivity contribution < 1.29 is 9.41 Å². The molecule has 0 atom stereocenters. The maximum absolute atomic E-state index is 10.6. The minimum absolute atomic E-state index is 0.0654. The van der Waals surface area contributed by atoms with E-state index >= 15 is 0 Å². The van der Waals surface area contributed by atoms with Gasteiger partial charge in [0.1, 0.15) is 6.20 Å². The van der Waals surface area contributed by atoms with Crippen LogP contribution in [0.3, 0.4) is 0 Å². The highest BCUT2D eigenvalue weighted by atomic mass is 16.6. The number of hydrogen-bond acceptors (Lipinski definition) is 5. The zero-order valence-corrected chi connectivity index (χ0v) is 10.7. The fraction of sp³-hybridized carbons (Fsp3) is 0.545. The van der Waals surface area contributed by atoms with Crippen LogP contribution < -0.4 is 10.6 Å². The number of nitrogens with two attached hydrogens (primary N) is 1. The van der Waals surface area contributed by atoms with E-state index in [2.05, 4.69) is 24.0 Å². The topological polar surface area (TPSA) is 85.3 Å². The summed E-state index contributed by atoms with van der Waals surface area (Å²) >= 11 is 0. The highest BCUT2D eigenvalue weighted by Crippen LogP contribution is 2.25. The highest BCUT2D eigenvalue weighted by molar-refractivity contribution is 5.65. The van der Waals surface area contributed by atoms with Gasteiger partial charge in [0, 0.05) is 6.07 Å². The molecule has 1 aliphatic heterocycles. The van der Waals surface area contributed by atoms with E-state index in [-0.39, 0.29) is 5.69 Å². The van der Waals surface area contributed by atoms with Gasteiger partial charge in [-0.25, -0.2) is 4.98 Å². The molecule has 0 unspecified atom stereocenters. The lowest BCUT2D eigenvalue weighted by Crippen LogP contribution is -2.55. The summed E-state index contributed by atoms with van der Waals surface area (Å²) < 4.78 is 0.976. The molecular formula is C11H18N5O2+. The molecule has 1 aromatic heterocycles. The molecule has 0 bridgehead atoms. The number of piperazine rings is 1. The van der Waals surface area contributed by atoms with Crippen LogP contribution in [0.15, 0.2) is 12.3 Å². The Morgan fingerprint density at radius 3 is 2.56 bits per heavy atom. The summed E-state index contributed by atoms with van der Waals surface area (Å²) in [7, 11) is 4.37. The lowest BCUT2D eigenvalue weighted by Gasteiger charge is -2.39. The van der Waals surface area contributed by atoms with Crippen molar-refractivity contribution in [1.29, 1.82) is 0 Å². The number of nitro groups is 1. The van der Waals surface area contributed by atoms with Crippen LogP contribution >= 0.6 is 0 Å². The summed E-state index contributed by atoms with van der Waals surface area (Å²) in [5.74, 6) is 0.653. The van der Waals surface area contributed by atoms with Gasteiger partial charge < -0.3 is 15.1 Å². The Bertz CT molecular complexity index is 465. The summed E-state index contributed by atoms with van der Waals surface area (Å²) in [5, 5.41) is 10.6. The minimum Gasteiger partial charge on any atom is -0.396 e. The van der Waals surface area contributed by atoms with Gasteiger partial charge in [0.15, 0.2) is 5.82 Å². The second-order valence-electron chi connectivity index (χ2n) is 5.23. The first kappa shape index (κ1) is 12.6. The van der Waals surface area contributed by atoms with Crippen LogP contribution in [0.5, 0.6) is 0 Å². The van der Waals surface area contributed by atoms with Crippen LogP contribution in [0.25, 0.3) is 0 Å². The van der Waals surface area contributed by atoms with Gasteiger partial charge in [-0.2, -0.15) is 0 Å². The Labute approximate surface area is 106 Å². The van der Waals surface area contributed by atoms with Gasteiger partial charge >= 0.3 is 0 Å². The monoisotopic (exact) mass is 252 g/mol. The first-order valence-electron chi connectivity index (χ1n) is 5.86. The predicted molar refractivity (Wildman–Crippen MR) is 69.4 cm³/mol. The summed E-state index contributed by atoms with van der Waals surface area (Å²) in [5.41, 5.74) is 6.15. The Morgan fingerprint density at radius 2 is 2.06 bits per heavy atom.